The standard InChI is InChI=1S/C9H13F3N2O3/c1-7(2,5(15)16)13-6(17)14-8(3-4-8)9(10,11)12/h3-4H2,1-2H3,(H,15,16)(H2,13,14,17). The lowest BCUT2D eigenvalue weighted by atomic mass is 10.1. The molecular weight excluding hydrogens is 241 g/mol. The number of alkyl halides is 3. The molecule has 0 spiro atoms. The Morgan fingerprint density at radius 2 is 1.71 bits per heavy atom. The lowest BCUT2D eigenvalue weighted by molar-refractivity contribution is -0.162. The molecular formula is C9H13F3N2O3. The van der Waals surface area contributed by atoms with Gasteiger partial charge < -0.3 is 15.7 Å². The molecule has 0 bridgehead atoms. The summed E-state index contributed by atoms with van der Waals surface area (Å²) in [5.74, 6) is -1.33. The first-order valence-corrected chi connectivity index (χ1v) is 4.91. The first-order chi connectivity index (χ1) is 7.50. The second-order valence-electron chi connectivity index (χ2n) is 4.59. The van der Waals surface area contributed by atoms with E-state index in [0.717, 1.165) is 0 Å². The van der Waals surface area contributed by atoms with Crippen molar-refractivity contribution in [2.45, 2.75) is 43.9 Å². The number of hydrogen-bond acceptors (Lipinski definition) is 2. The van der Waals surface area contributed by atoms with E-state index in [2.05, 4.69) is 0 Å². The maximum atomic E-state index is 12.5. The molecule has 17 heavy (non-hydrogen) atoms. The van der Waals surface area contributed by atoms with Gasteiger partial charge in [-0.25, -0.2) is 9.59 Å². The number of carbonyl (C=O) groups excluding carboxylic acids is 1. The topological polar surface area (TPSA) is 78.4 Å². The van der Waals surface area contributed by atoms with Crippen molar-refractivity contribution in [2.75, 3.05) is 0 Å². The van der Waals surface area contributed by atoms with E-state index < -0.39 is 29.3 Å². The Kier molecular flexibility index (Phi) is 3.02. The average molecular weight is 254 g/mol. The Balaban J connectivity index is 2.61. The van der Waals surface area contributed by atoms with E-state index in [1.165, 1.54) is 13.8 Å². The van der Waals surface area contributed by atoms with Crippen molar-refractivity contribution in [3.8, 4) is 0 Å². The number of hydrogen-bond donors (Lipinski definition) is 3. The van der Waals surface area contributed by atoms with E-state index >= 15 is 0 Å². The molecule has 1 aliphatic carbocycles. The van der Waals surface area contributed by atoms with E-state index in [1.807, 2.05) is 5.32 Å². The summed E-state index contributed by atoms with van der Waals surface area (Å²) in [5.41, 5.74) is -3.81. The van der Waals surface area contributed by atoms with Gasteiger partial charge in [0.2, 0.25) is 0 Å². The monoisotopic (exact) mass is 254 g/mol. The first kappa shape index (κ1) is 13.6. The number of carbonyl (C=O) groups is 2. The minimum atomic E-state index is -4.52. The van der Waals surface area contributed by atoms with Crippen LogP contribution >= 0.6 is 0 Å². The Hall–Kier alpha value is -1.47. The van der Waals surface area contributed by atoms with Gasteiger partial charge in [0.05, 0.1) is 0 Å². The molecule has 3 N–H and O–H groups in total. The molecule has 0 aromatic rings. The van der Waals surface area contributed by atoms with E-state index in [4.69, 9.17) is 5.11 Å². The molecule has 98 valence electrons. The Bertz CT molecular complexity index is 348. The third-order valence-electron chi connectivity index (χ3n) is 2.61. The molecule has 0 aromatic heterocycles. The molecule has 1 saturated carbocycles. The summed E-state index contributed by atoms with van der Waals surface area (Å²) >= 11 is 0. The van der Waals surface area contributed by atoms with Crippen LogP contribution in [0.2, 0.25) is 0 Å². The highest BCUT2D eigenvalue weighted by atomic mass is 19.4. The van der Waals surface area contributed by atoms with Crippen LogP contribution < -0.4 is 10.6 Å². The molecule has 1 fully saturated rings. The quantitative estimate of drug-likeness (QED) is 0.709. The molecule has 0 heterocycles. The number of urea groups is 1. The largest absolute Gasteiger partial charge is 0.480 e. The summed E-state index contributed by atoms with van der Waals surface area (Å²) in [7, 11) is 0. The summed E-state index contributed by atoms with van der Waals surface area (Å²) in [6.07, 6.45) is -4.88. The number of amides is 2. The SMILES string of the molecule is CC(C)(NC(=O)NC1(C(F)(F)F)CC1)C(=O)O. The van der Waals surface area contributed by atoms with Crippen LogP contribution in [0.15, 0.2) is 0 Å². The first-order valence-electron chi connectivity index (χ1n) is 4.91. The van der Waals surface area contributed by atoms with Gasteiger partial charge in [0, 0.05) is 0 Å². The average Bonchev–Trinajstić information content (AvgIpc) is 2.82. The Labute approximate surface area is 95.4 Å². The van der Waals surface area contributed by atoms with Gasteiger partial charge in [-0.15, -0.1) is 0 Å². The highest BCUT2D eigenvalue weighted by Gasteiger charge is 2.64. The fourth-order valence-electron chi connectivity index (χ4n) is 1.19. The van der Waals surface area contributed by atoms with Crippen LogP contribution in [0.4, 0.5) is 18.0 Å². The predicted molar refractivity (Wildman–Crippen MR) is 51.4 cm³/mol. The Morgan fingerprint density at radius 1 is 1.24 bits per heavy atom. The summed E-state index contributed by atoms with van der Waals surface area (Å²) in [6.45, 7) is 2.37. The number of carboxylic acid groups (broad SMARTS) is 1. The number of halogens is 3. The molecule has 2 amide bonds. The maximum Gasteiger partial charge on any atom is 0.411 e. The van der Waals surface area contributed by atoms with Gasteiger partial charge in [-0.2, -0.15) is 13.2 Å². The van der Waals surface area contributed by atoms with E-state index in [0.29, 0.717) is 0 Å². The number of nitrogens with one attached hydrogen (secondary N) is 2. The molecule has 0 aromatic carbocycles. The molecule has 0 atom stereocenters. The van der Waals surface area contributed by atoms with Gasteiger partial charge in [-0.1, -0.05) is 0 Å². The fraction of sp³-hybridized carbons (Fsp3) is 0.778. The molecule has 0 aliphatic heterocycles. The molecule has 0 unspecified atom stereocenters. The lowest BCUT2D eigenvalue weighted by Gasteiger charge is -2.25. The van der Waals surface area contributed by atoms with Crippen molar-refractivity contribution in [3.63, 3.8) is 0 Å². The minimum Gasteiger partial charge on any atom is -0.480 e. The van der Waals surface area contributed by atoms with Crippen molar-refractivity contribution >= 4 is 12.0 Å². The third kappa shape index (κ3) is 2.80. The zero-order valence-electron chi connectivity index (χ0n) is 9.31. The third-order valence-corrected chi connectivity index (χ3v) is 2.61. The van der Waals surface area contributed by atoms with Crippen LogP contribution in [0.1, 0.15) is 26.7 Å². The molecule has 8 heteroatoms. The molecule has 1 rings (SSSR count). The van der Waals surface area contributed by atoms with Gasteiger partial charge in [-0.05, 0) is 26.7 Å². The second kappa shape index (κ2) is 3.78. The zero-order chi connectivity index (χ0) is 13.5. The molecule has 5 nitrogen and oxygen atoms in total. The van der Waals surface area contributed by atoms with Gasteiger partial charge in [0.15, 0.2) is 0 Å². The van der Waals surface area contributed by atoms with Gasteiger partial charge in [0.1, 0.15) is 11.1 Å². The fourth-order valence-corrected chi connectivity index (χ4v) is 1.19. The van der Waals surface area contributed by atoms with Gasteiger partial charge >= 0.3 is 18.2 Å². The van der Waals surface area contributed by atoms with Crippen molar-refractivity contribution in [1.82, 2.24) is 10.6 Å². The normalized spacial score (nSPS) is 18.4. The van der Waals surface area contributed by atoms with E-state index in [9.17, 15) is 22.8 Å². The molecule has 0 radical (unpaired) electrons. The van der Waals surface area contributed by atoms with Gasteiger partial charge in [-0.3, -0.25) is 0 Å². The molecule has 0 saturated heterocycles. The van der Waals surface area contributed by atoms with Crippen LogP contribution in [-0.4, -0.2) is 34.4 Å². The maximum absolute atomic E-state index is 12.5. The summed E-state index contributed by atoms with van der Waals surface area (Å²) in [4.78, 5) is 21.9. The van der Waals surface area contributed by atoms with Crippen molar-refractivity contribution in [1.29, 1.82) is 0 Å². The van der Waals surface area contributed by atoms with Crippen molar-refractivity contribution in [2.24, 2.45) is 0 Å². The van der Waals surface area contributed by atoms with Crippen molar-refractivity contribution in [3.05, 3.63) is 0 Å². The highest BCUT2D eigenvalue weighted by Crippen LogP contribution is 2.48. The van der Waals surface area contributed by atoms with Crippen molar-refractivity contribution < 1.29 is 27.9 Å². The van der Waals surface area contributed by atoms with Crippen LogP contribution in [0.3, 0.4) is 0 Å². The summed E-state index contributed by atoms with van der Waals surface area (Å²) in [6, 6.07) is -1.13. The number of aliphatic carboxylic acids is 1. The van der Waals surface area contributed by atoms with Gasteiger partial charge in [0.25, 0.3) is 0 Å². The second-order valence-corrected chi connectivity index (χ2v) is 4.59. The smallest absolute Gasteiger partial charge is 0.411 e. The molecule has 1 aliphatic rings. The highest BCUT2D eigenvalue weighted by molar-refractivity contribution is 5.85. The lowest BCUT2D eigenvalue weighted by Crippen LogP contribution is -2.58. The van der Waals surface area contributed by atoms with Crippen LogP contribution in [0.5, 0.6) is 0 Å². The zero-order valence-corrected chi connectivity index (χ0v) is 9.31. The predicted octanol–water partition coefficient (Wildman–Crippen LogP) is 1.24. The minimum absolute atomic E-state index is 0.183. The van der Waals surface area contributed by atoms with Crippen LogP contribution in [0, 0.1) is 0 Å². The van der Waals surface area contributed by atoms with E-state index in [1.54, 1.807) is 5.32 Å². The number of carboxylic acids is 1. The summed E-state index contributed by atoms with van der Waals surface area (Å²) in [5, 5.41) is 12.5. The van der Waals surface area contributed by atoms with Crippen LogP contribution in [0.25, 0.3) is 0 Å². The summed E-state index contributed by atoms with van der Waals surface area (Å²) < 4.78 is 37.5. The Morgan fingerprint density at radius 3 is 2.00 bits per heavy atom. The van der Waals surface area contributed by atoms with Crippen LogP contribution in [-0.2, 0) is 4.79 Å². The van der Waals surface area contributed by atoms with E-state index in [-0.39, 0.29) is 12.8 Å². The number of rotatable bonds is 3.